The van der Waals surface area contributed by atoms with E-state index in [0.29, 0.717) is 5.56 Å². The van der Waals surface area contributed by atoms with E-state index in [1.165, 1.54) is 12.2 Å². The van der Waals surface area contributed by atoms with Crippen LogP contribution in [0.3, 0.4) is 0 Å². The van der Waals surface area contributed by atoms with Gasteiger partial charge in [-0.05, 0) is 17.2 Å². The number of ether oxygens (including phenoxy) is 2. The van der Waals surface area contributed by atoms with Gasteiger partial charge in [-0.1, -0.05) is 78.6 Å². The quantitative estimate of drug-likeness (QED) is 0.370. The number of hydrogen-bond donors (Lipinski definition) is 0. The molecule has 2 rings (SSSR count). The van der Waals surface area contributed by atoms with Crippen molar-refractivity contribution in [1.29, 1.82) is 0 Å². The van der Waals surface area contributed by atoms with Crippen molar-refractivity contribution >= 4 is 12.0 Å². The summed E-state index contributed by atoms with van der Waals surface area (Å²) in [5.74, 6) is 1.58. The first-order valence-electron chi connectivity index (χ1n) is 8.93. The lowest BCUT2D eigenvalue weighted by Gasteiger charge is -2.22. The SMILES string of the molecule is CC(=O)O[C@@H](/C=C/c1ccccc1)[C@@H](C#CCOCc1ccccc1)C(F)(F)F. The lowest BCUT2D eigenvalue weighted by molar-refractivity contribution is -0.185. The Kier molecular flexibility index (Phi) is 8.50. The van der Waals surface area contributed by atoms with E-state index < -0.39 is 24.2 Å². The molecule has 2 aromatic rings. The highest BCUT2D eigenvalue weighted by molar-refractivity contribution is 5.66. The minimum Gasteiger partial charge on any atom is -0.457 e. The number of carbonyl (C=O) groups is 1. The highest BCUT2D eigenvalue weighted by atomic mass is 19.4. The first-order chi connectivity index (χ1) is 13.9. The summed E-state index contributed by atoms with van der Waals surface area (Å²) in [5.41, 5.74) is 1.58. The first-order valence-corrected chi connectivity index (χ1v) is 8.93. The molecule has 0 saturated carbocycles. The van der Waals surface area contributed by atoms with E-state index in [4.69, 9.17) is 9.47 Å². The second-order valence-corrected chi connectivity index (χ2v) is 6.16. The number of esters is 1. The van der Waals surface area contributed by atoms with Crippen LogP contribution in [0.25, 0.3) is 6.08 Å². The van der Waals surface area contributed by atoms with Crippen molar-refractivity contribution in [2.75, 3.05) is 6.61 Å². The van der Waals surface area contributed by atoms with Crippen molar-refractivity contribution in [3.63, 3.8) is 0 Å². The first kappa shape index (κ1) is 22.3. The monoisotopic (exact) mass is 402 g/mol. The van der Waals surface area contributed by atoms with Gasteiger partial charge in [0.1, 0.15) is 12.7 Å². The second kappa shape index (κ2) is 11.1. The average molecular weight is 402 g/mol. The maximum Gasteiger partial charge on any atom is 0.406 e. The molecule has 0 aliphatic rings. The topological polar surface area (TPSA) is 35.5 Å². The minimum atomic E-state index is -4.67. The van der Waals surface area contributed by atoms with Crippen LogP contribution in [-0.4, -0.2) is 24.9 Å². The zero-order valence-electron chi connectivity index (χ0n) is 15.9. The van der Waals surface area contributed by atoms with E-state index in [1.807, 2.05) is 30.3 Å². The van der Waals surface area contributed by atoms with E-state index in [-0.39, 0.29) is 13.2 Å². The second-order valence-electron chi connectivity index (χ2n) is 6.16. The van der Waals surface area contributed by atoms with Gasteiger partial charge < -0.3 is 9.47 Å². The molecule has 0 radical (unpaired) electrons. The fourth-order valence-electron chi connectivity index (χ4n) is 2.48. The van der Waals surface area contributed by atoms with Crippen LogP contribution in [0.2, 0.25) is 0 Å². The minimum absolute atomic E-state index is 0.170. The molecule has 0 heterocycles. The summed E-state index contributed by atoms with van der Waals surface area (Å²) < 4.78 is 50.9. The summed E-state index contributed by atoms with van der Waals surface area (Å²) in [6.45, 7) is 1.14. The Balaban J connectivity index is 2.10. The third kappa shape index (κ3) is 8.24. The van der Waals surface area contributed by atoms with Gasteiger partial charge in [0.05, 0.1) is 6.61 Å². The summed E-state index contributed by atoms with van der Waals surface area (Å²) in [6.07, 6.45) is -3.56. The Morgan fingerprint density at radius 1 is 1.07 bits per heavy atom. The van der Waals surface area contributed by atoms with Crippen molar-refractivity contribution < 1.29 is 27.4 Å². The number of benzene rings is 2. The molecule has 0 fully saturated rings. The summed E-state index contributed by atoms with van der Waals surface area (Å²) in [5, 5.41) is 0. The number of alkyl halides is 3. The Bertz CT molecular complexity index is 850. The Hall–Kier alpha value is -3.04. The Morgan fingerprint density at radius 2 is 1.69 bits per heavy atom. The molecular formula is C23H21F3O3. The molecule has 0 amide bonds. The smallest absolute Gasteiger partial charge is 0.406 e. The van der Waals surface area contributed by atoms with Gasteiger partial charge in [-0.15, -0.1) is 0 Å². The van der Waals surface area contributed by atoms with Crippen molar-refractivity contribution in [2.45, 2.75) is 25.8 Å². The lowest BCUT2D eigenvalue weighted by Crippen LogP contribution is -2.35. The Labute approximate surface area is 168 Å². The van der Waals surface area contributed by atoms with E-state index >= 15 is 0 Å². The van der Waals surface area contributed by atoms with Gasteiger partial charge >= 0.3 is 12.1 Å². The molecule has 0 spiro atoms. The maximum absolute atomic E-state index is 13.6. The Morgan fingerprint density at radius 3 is 2.28 bits per heavy atom. The number of hydrogen-bond acceptors (Lipinski definition) is 3. The van der Waals surface area contributed by atoms with E-state index in [0.717, 1.165) is 12.5 Å². The van der Waals surface area contributed by atoms with Crippen LogP contribution < -0.4 is 0 Å². The van der Waals surface area contributed by atoms with Gasteiger partial charge in [0.15, 0.2) is 5.92 Å². The molecule has 0 N–H and O–H groups in total. The van der Waals surface area contributed by atoms with Crippen molar-refractivity contribution in [2.24, 2.45) is 5.92 Å². The van der Waals surface area contributed by atoms with Gasteiger partial charge in [0.2, 0.25) is 0 Å². The summed E-state index contributed by atoms with van der Waals surface area (Å²) in [6, 6.07) is 18.0. The highest BCUT2D eigenvalue weighted by Crippen LogP contribution is 2.31. The normalized spacial score (nSPS) is 13.4. The third-order valence-electron chi connectivity index (χ3n) is 3.80. The van der Waals surface area contributed by atoms with E-state index in [1.54, 1.807) is 30.3 Å². The van der Waals surface area contributed by atoms with Gasteiger partial charge in [-0.25, -0.2) is 0 Å². The van der Waals surface area contributed by atoms with Gasteiger partial charge in [0, 0.05) is 6.92 Å². The molecule has 2 atom stereocenters. The summed E-state index contributed by atoms with van der Waals surface area (Å²) in [4.78, 5) is 11.3. The molecule has 0 bridgehead atoms. The van der Waals surface area contributed by atoms with Gasteiger partial charge in [-0.3, -0.25) is 4.79 Å². The van der Waals surface area contributed by atoms with Crippen LogP contribution in [0.5, 0.6) is 0 Å². The van der Waals surface area contributed by atoms with Crippen LogP contribution in [-0.2, 0) is 20.9 Å². The lowest BCUT2D eigenvalue weighted by atomic mass is 10.0. The number of rotatable bonds is 7. The molecule has 0 saturated heterocycles. The molecule has 0 aliphatic carbocycles. The molecule has 0 unspecified atom stereocenters. The predicted octanol–water partition coefficient (Wildman–Crippen LogP) is 5.03. The highest BCUT2D eigenvalue weighted by Gasteiger charge is 2.44. The van der Waals surface area contributed by atoms with Crippen LogP contribution in [0.4, 0.5) is 13.2 Å². The van der Waals surface area contributed by atoms with Crippen LogP contribution in [0.1, 0.15) is 18.1 Å². The maximum atomic E-state index is 13.6. The molecular weight excluding hydrogens is 381 g/mol. The fourth-order valence-corrected chi connectivity index (χ4v) is 2.48. The van der Waals surface area contributed by atoms with Crippen LogP contribution >= 0.6 is 0 Å². The molecule has 0 aliphatic heterocycles. The average Bonchev–Trinajstić information content (AvgIpc) is 2.68. The van der Waals surface area contributed by atoms with Crippen molar-refractivity contribution in [3.8, 4) is 11.8 Å². The third-order valence-corrected chi connectivity index (χ3v) is 3.80. The zero-order chi connectivity index (χ0) is 21.1. The predicted molar refractivity (Wildman–Crippen MR) is 104 cm³/mol. The van der Waals surface area contributed by atoms with Gasteiger partial charge in [-0.2, -0.15) is 13.2 Å². The summed E-state index contributed by atoms with van der Waals surface area (Å²) in [7, 11) is 0. The van der Waals surface area contributed by atoms with E-state index in [2.05, 4.69) is 11.8 Å². The van der Waals surface area contributed by atoms with Gasteiger partial charge in [0.25, 0.3) is 0 Å². The standard InChI is InChI=1S/C23H21F3O3/c1-18(27)29-22(15-14-19-9-4-2-5-10-19)21(23(24,25)26)13-8-16-28-17-20-11-6-3-7-12-20/h2-7,9-12,14-15,21-22H,16-17H2,1H3/b15-14+/t21-,22+/m1/s1. The number of carbonyl (C=O) groups excluding carboxylic acids is 1. The number of halogens is 3. The molecule has 0 aromatic heterocycles. The van der Waals surface area contributed by atoms with Crippen molar-refractivity contribution in [3.05, 3.63) is 77.9 Å². The van der Waals surface area contributed by atoms with Crippen molar-refractivity contribution in [1.82, 2.24) is 0 Å². The molecule has 6 heteroatoms. The molecule has 3 nitrogen and oxygen atoms in total. The molecule has 2 aromatic carbocycles. The molecule has 29 heavy (non-hydrogen) atoms. The fraction of sp³-hybridized carbons (Fsp3) is 0.261. The summed E-state index contributed by atoms with van der Waals surface area (Å²) >= 11 is 0. The molecule has 152 valence electrons. The zero-order valence-corrected chi connectivity index (χ0v) is 15.9. The van der Waals surface area contributed by atoms with Crippen LogP contribution in [0.15, 0.2) is 66.7 Å². The largest absolute Gasteiger partial charge is 0.457 e. The van der Waals surface area contributed by atoms with E-state index in [9.17, 15) is 18.0 Å². The van der Waals surface area contributed by atoms with Crippen LogP contribution in [0, 0.1) is 17.8 Å².